The van der Waals surface area contributed by atoms with Crippen LogP contribution in [0.2, 0.25) is 0 Å². The highest BCUT2D eigenvalue weighted by Gasteiger charge is 2.03. The van der Waals surface area contributed by atoms with E-state index in [4.69, 9.17) is 5.26 Å². The monoisotopic (exact) mass is 211 g/mol. The largest absolute Gasteiger partial charge is 0.288 e. The summed E-state index contributed by atoms with van der Waals surface area (Å²) >= 11 is 0. The highest BCUT2D eigenvalue weighted by atomic mass is 16.1. The first-order valence-corrected chi connectivity index (χ1v) is 4.82. The van der Waals surface area contributed by atoms with Crippen LogP contribution in [0.4, 0.5) is 0 Å². The van der Waals surface area contributed by atoms with Gasteiger partial charge in [-0.25, -0.2) is 0 Å². The van der Waals surface area contributed by atoms with E-state index in [0.29, 0.717) is 5.69 Å². The van der Waals surface area contributed by atoms with Gasteiger partial charge in [-0.1, -0.05) is 30.3 Å². The van der Waals surface area contributed by atoms with Gasteiger partial charge in [-0.2, -0.15) is 10.4 Å². The molecule has 78 valence electrons. The van der Waals surface area contributed by atoms with Crippen molar-refractivity contribution in [3.63, 3.8) is 0 Å². The zero-order chi connectivity index (χ0) is 11.4. The first kappa shape index (κ1) is 10.1. The van der Waals surface area contributed by atoms with Gasteiger partial charge >= 0.3 is 0 Å². The summed E-state index contributed by atoms with van der Waals surface area (Å²) in [5.41, 5.74) is 1.60. The van der Waals surface area contributed by atoms with Crippen LogP contribution in [-0.4, -0.2) is 10.2 Å². The number of benzene rings is 1. The van der Waals surface area contributed by atoms with Crippen LogP contribution >= 0.6 is 0 Å². The lowest BCUT2D eigenvalue weighted by atomic mass is 10.1. The second-order valence-corrected chi connectivity index (χ2v) is 3.29. The number of H-pyrrole nitrogens is 1. The molecule has 2 aromatic rings. The molecule has 0 atom stereocenters. The van der Waals surface area contributed by atoms with E-state index >= 15 is 0 Å². The van der Waals surface area contributed by atoms with Crippen LogP contribution in [0.25, 0.3) is 11.3 Å². The first-order valence-electron chi connectivity index (χ1n) is 4.82. The van der Waals surface area contributed by atoms with Gasteiger partial charge in [0.2, 0.25) is 5.43 Å². The maximum Gasteiger partial charge on any atom is 0.205 e. The number of nitriles is 1. The summed E-state index contributed by atoms with van der Waals surface area (Å²) in [5.74, 6) is 0. The fraction of sp³-hybridized carbons (Fsp3) is 0.0833. The molecule has 0 aliphatic heterocycles. The Labute approximate surface area is 92.2 Å². The first-order chi connectivity index (χ1) is 7.81. The lowest BCUT2D eigenvalue weighted by Crippen LogP contribution is -2.11. The smallest absolute Gasteiger partial charge is 0.205 e. The Morgan fingerprint density at radius 2 is 2.06 bits per heavy atom. The third-order valence-corrected chi connectivity index (χ3v) is 2.20. The van der Waals surface area contributed by atoms with E-state index in [2.05, 4.69) is 10.2 Å². The third kappa shape index (κ3) is 1.98. The van der Waals surface area contributed by atoms with Crippen LogP contribution in [0.3, 0.4) is 0 Å². The average Bonchev–Trinajstić information content (AvgIpc) is 2.33. The Kier molecular flexibility index (Phi) is 2.79. The minimum absolute atomic E-state index is 0.0321. The van der Waals surface area contributed by atoms with Crippen molar-refractivity contribution in [2.75, 3.05) is 0 Å². The highest BCUT2D eigenvalue weighted by Crippen LogP contribution is 2.13. The minimum Gasteiger partial charge on any atom is -0.288 e. The Balaban J connectivity index is 2.44. The summed E-state index contributed by atoms with van der Waals surface area (Å²) in [6, 6.07) is 12.8. The summed E-state index contributed by atoms with van der Waals surface area (Å²) in [6.45, 7) is 0. The number of nitrogens with one attached hydrogen (secondary N) is 1. The van der Waals surface area contributed by atoms with E-state index in [1.54, 1.807) is 0 Å². The van der Waals surface area contributed by atoms with Crippen LogP contribution in [0.1, 0.15) is 5.69 Å². The van der Waals surface area contributed by atoms with Crippen molar-refractivity contribution in [2.24, 2.45) is 0 Å². The third-order valence-electron chi connectivity index (χ3n) is 2.20. The Bertz CT molecular complexity index is 581. The van der Waals surface area contributed by atoms with Gasteiger partial charge in [0.05, 0.1) is 18.2 Å². The molecule has 0 saturated carbocycles. The van der Waals surface area contributed by atoms with Gasteiger partial charge in [0.1, 0.15) is 5.69 Å². The molecule has 0 amide bonds. The lowest BCUT2D eigenvalue weighted by Gasteiger charge is -2.00. The molecule has 1 aromatic heterocycles. The molecular weight excluding hydrogens is 202 g/mol. The van der Waals surface area contributed by atoms with Gasteiger partial charge in [-0.15, -0.1) is 0 Å². The number of aromatic amines is 1. The molecule has 0 spiro atoms. The Hall–Kier alpha value is -2.41. The molecule has 0 bridgehead atoms. The number of rotatable bonds is 2. The van der Waals surface area contributed by atoms with Gasteiger partial charge in [-0.05, 0) is 5.56 Å². The predicted molar refractivity (Wildman–Crippen MR) is 59.6 cm³/mol. The summed E-state index contributed by atoms with van der Waals surface area (Å²) < 4.78 is 0. The lowest BCUT2D eigenvalue weighted by molar-refractivity contribution is 0.941. The molecule has 16 heavy (non-hydrogen) atoms. The quantitative estimate of drug-likeness (QED) is 0.818. The van der Waals surface area contributed by atoms with Gasteiger partial charge in [0.15, 0.2) is 0 Å². The maximum absolute atomic E-state index is 11.6. The topological polar surface area (TPSA) is 69.5 Å². The number of hydrogen-bond donors (Lipinski definition) is 1. The van der Waals surface area contributed by atoms with E-state index < -0.39 is 0 Å². The fourth-order valence-electron chi connectivity index (χ4n) is 1.40. The summed E-state index contributed by atoms with van der Waals surface area (Å²) in [4.78, 5) is 11.6. The summed E-state index contributed by atoms with van der Waals surface area (Å²) in [5, 5.41) is 15.1. The van der Waals surface area contributed by atoms with E-state index in [1.165, 1.54) is 6.07 Å². The van der Waals surface area contributed by atoms with Crippen LogP contribution < -0.4 is 5.43 Å². The van der Waals surface area contributed by atoms with Gasteiger partial charge in [0.25, 0.3) is 0 Å². The normalized spacial score (nSPS) is 9.69. The van der Waals surface area contributed by atoms with E-state index in [-0.39, 0.29) is 17.5 Å². The van der Waals surface area contributed by atoms with Crippen molar-refractivity contribution in [1.29, 1.82) is 5.26 Å². The van der Waals surface area contributed by atoms with Crippen molar-refractivity contribution < 1.29 is 0 Å². The van der Waals surface area contributed by atoms with Crippen molar-refractivity contribution in [3.8, 4) is 17.3 Å². The average molecular weight is 211 g/mol. The van der Waals surface area contributed by atoms with E-state index in [0.717, 1.165) is 5.56 Å². The van der Waals surface area contributed by atoms with E-state index in [9.17, 15) is 4.79 Å². The molecule has 0 radical (unpaired) electrons. The van der Waals surface area contributed by atoms with Crippen LogP contribution in [0.15, 0.2) is 41.2 Å². The summed E-state index contributed by atoms with van der Waals surface area (Å²) in [6.07, 6.45) is 0.0321. The zero-order valence-corrected chi connectivity index (χ0v) is 8.47. The van der Waals surface area contributed by atoms with Crippen molar-refractivity contribution >= 4 is 0 Å². The highest BCUT2D eigenvalue weighted by molar-refractivity contribution is 5.57. The molecule has 0 unspecified atom stereocenters. The Morgan fingerprint density at radius 3 is 2.69 bits per heavy atom. The number of nitrogens with zero attached hydrogens (tertiary/aromatic N) is 2. The molecule has 0 saturated heterocycles. The van der Waals surface area contributed by atoms with Crippen LogP contribution in [0.5, 0.6) is 0 Å². The Morgan fingerprint density at radius 1 is 1.31 bits per heavy atom. The zero-order valence-electron chi connectivity index (χ0n) is 8.47. The molecule has 1 N–H and O–H groups in total. The number of hydrogen-bond acceptors (Lipinski definition) is 3. The molecule has 0 aliphatic rings. The summed E-state index contributed by atoms with van der Waals surface area (Å²) in [7, 11) is 0. The molecule has 1 heterocycles. The molecule has 1 aromatic carbocycles. The number of aromatic nitrogens is 2. The van der Waals surface area contributed by atoms with Gasteiger partial charge in [-0.3, -0.25) is 9.89 Å². The maximum atomic E-state index is 11.6. The van der Waals surface area contributed by atoms with Gasteiger partial charge in [0, 0.05) is 6.07 Å². The molecule has 0 fully saturated rings. The van der Waals surface area contributed by atoms with Crippen molar-refractivity contribution in [3.05, 3.63) is 52.3 Å². The molecular formula is C12H9N3O. The molecule has 2 rings (SSSR count). The van der Waals surface area contributed by atoms with Crippen LogP contribution in [-0.2, 0) is 6.42 Å². The fourth-order valence-corrected chi connectivity index (χ4v) is 1.40. The standard InChI is InChI=1S/C12H9N3O/c13-7-6-10-12(16)8-11(15-14-10)9-4-2-1-3-5-9/h1-5,8H,6H2,(H,15,16). The minimum atomic E-state index is -0.209. The molecule has 4 heteroatoms. The van der Waals surface area contributed by atoms with Gasteiger partial charge < -0.3 is 0 Å². The van der Waals surface area contributed by atoms with E-state index in [1.807, 2.05) is 36.4 Å². The molecule has 0 aliphatic carbocycles. The SMILES string of the molecule is N#CCc1n[nH]c(-c2ccccc2)cc1=O. The predicted octanol–water partition coefficient (Wildman–Crippen LogP) is 1.50. The second kappa shape index (κ2) is 4.41. The molecule has 4 nitrogen and oxygen atoms in total. The second-order valence-electron chi connectivity index (χ2n) is 3.29. The van der Waals surface area contributed by atoms with Crippen LogP contribution in [0, 0.1) is 11.3 Å². The van der Waals surface area contributed by atoms with Crippen molar-refractivity contribution in [2.45, 2.75) is 6.42 Å². The van der Waals surface area contributed by atoms with Crippen molar-refractivity contribution in [1.82, 2.24) is 10.2 Å².